The molecule has 2 aromatic rings. The molecule has 2 N–H and O–H groups in total. The van der Waals surface area contributed by atoms with Crippen molar-refractivity contribution in [1.82, 2.24) is 0 Å². The molecule has 2 rings (SSSR count). The summed E-state index contributed by atoms with van der Waals surface area (Å²) in [6.07, 6.45) is 0. The van der Waals surface area contributed by atoms with E-state index in [0.29, 0.717) is 11.1 Å². The zero-order chi connectivity index (χ0) is 17.2. The van der Waals surface area contributed by atoms with Crippen molar-refractivity contribution in [3.05, 3.63) is 59.7 Å². The van der Waals surface area contributed by atoms with Crippen LogP contribution in [-0.2, 0) is 4.74 Å². The van der Waals surface area contributed by atoms with Crippen LogP contribution < -0.4 is 0 Å². The molecular weight excluding hydrogens is 296 g/mol. The van der Waals surface area contributed by atoms with Gasteiger partial charge in [0.25, 0.3) is 0 Å². The molecule has 0 unspecified atom stereocenters. The first-order valence-electron chi connectivity index (χ1n) is 7.24. The summed E-state index contributed by atoms with van der Waals surface area (Å²) in [5.74, 6) is -2.02. The maximum absolute atomic E-state index is 10.9. The zero-order valence-electron chi connectivity index (χ0n) is 13.2. The van der Waals surface area contributed by atoms with Gasteiger partial charge in [-0.05, 0) is 49.2 Å². The lowest BCUT2D eigenvalue weighted by molar-refractivity contribution is 0.0686. The molecule has 0 saturated heterocycles. The summed E-state index contributed by atoms with van der Waals surface area (Å²) >= 11 is 0. The van der Waals surface area contributed by atoms with Gasteiger partial charge in [-0.2, -0.15) is 0 Å². The smallest absolute Gasteiger partial charge is 0.335 e. The fourth-order valence-corrected chi connectivity index (χ4v) is 1.87. The van der Waals surface area contributed by atoms with Gasteiger partial charge in [0.05, 0.1) is 11.1 Å². The molecule has 0 spiro atoms. The molecule has 0 atom stereocenters. The number of hydrogen-bond acceptors (Lipinski definition) is 3. The molecule has 23 heavy (non-hydrogen) atoms. The van der Waals surface area contributed by atoms with Gasteiger partial charge in [-0.3, -0.25) is 0 Å². The van der Waals surface area contributed by atoms with Crippen molar-refractivity contribution in [3.8, 4) is 11.1 Å². The van der Waals surface area contributed by atoms with E-state index in [1.54, 1.807) is 24.3 Å². The largest absolute Gasteiger partial charge is 0.478 e. The second-order valence-electron chi connectivity index (χ2n) is 4.55. The molecule has 0 amide bonds. The summed E-state index contributed by atoms with van der Waals surface area (Å²) in [4.78, 5) is 21.7. The highest BCUT2D eigenvalue weighted by atomic mass is 16.5. The van der Waals surface area contributed by atoms with Crippen LogP contribution >= 0.6 is 0 Å². The van der Waals surface area contributed by atoms with E-state index in [9.17, 15) is 9.59 Å². The van der Waals surface area contributed by atoms with E-state index in [1.165, 1.54) is 24.3 Å². The standard InChI is InChI=1S/C14H10O4.C4H10O/c15-13(16)11-5-1-3-9(7-11)10-4-2-6-12(8-10)14(17)18;1-3-5-4-2/h1-8H,(H,15,16)(H,17,18);3-4H2,1-2H3. The van der Waals surface area contributed by atoms with Crippen molar-refractivity contribution in [1.29, 1.82) is 0 Å². The molecule has 0 aliphatic carbocycles. The van der Waals surface area contributed by atoms with Crippen molar-refractivity contribution in [2.24, 2.45) is 0 Å². The van der Waals surface area contributed by atoms with E-state index >= 15 is 0 Å². The normalized spacial score (nSPS) is 9.65. The maximum atomic E-state index is 10.9. The summed E-state index contributed by atoms with van der Waals surface area (Å²) in [5, 5.41) is 17.8. The molecule has 122 valence electrons. The number of hydrogen-bond donors (Lipinski definition) is 2. The van der Waals surface area contributed by atoms with Gasteiger partial charge in [0.2, 0.25) is 0 Å². The van der Waals surface area contributed by atoms with Crippen LogP contribution in [0.25, 0.3) is 11.1 Å². The van der Waals surface area contributed by atoms with Crippen molar-refractivity contribution in [2.75, 3.05) is 13.2 Å². The summed E-state index contributed by atoms with van der Waals surface area (Å²) in [6.45, 7) is 5.67. The predicted octanol–water partition coefficient (Wildman–Crippen LogP) is 3.79. The first kappa shape index (κ1) is 18.4. The third-order valence-corrected chi connectivity index (χ3v) is 2.96. The Kier molecular flexibility index (Phi) is 7.50. The van der Waals surface area contributed by atoms with Gasteiger partial charge >= 0.3 is 11.9 Å². The van der Waals surface area contributed by atoms with Gasteiger partial charge in [0.1, 0.15) is 0 Å². The highest BCUT2D eigenvalue weighted by Crippen LogP contribution is 2.21. The van der Waals surface area contributed by atoms with Gasteiger partial charge in [-0.25, -0.2) is 9.59 Å². The summed E-state index contributed by atoms with van der Waals surface area (Å²) in [6, 6.07) is 12.8. The molecule has 0 radical (unpaired) electrons. The van der Waals surface area contributed by atoms with E-state index in [0.717, 1.165) is 13.2 Å². The SMILES string of the molecule is CCOCC.O=C(O)c1cccc(-c2cccc(C(=O)O)c2)c1. The van der Waals surface area contributed by atoms with Gasteiger partial charge in [-0.15, -0.1) is 0 Å². The lowest BCUT2D eigenvalue weighted by Crippen LogP contribution is -1.97. The number of carboxylic acid groups (broad SMARTS) is 2. The Labute approximate surface area is 135 Å². The van der Waals surface area contributed by atoms with Crippen LogP contribution in [0.3, 0.4) is 0 Å². The minimum absolute atomic E-state index is 0.174. The minimum atomic E-state index is -1.01. The Morgan fingerprint density at radius 1 is 0.826 bits per heavy atom. The molecule has 0 fully saturated rings. The predicted molar refractivity (Wildman–Crippen MR) is 88.0 cm³/mol. The number of benzene rings is 2. The molecular formula is C18H20O5. The minimum Gasteiger partial charge on any atom is -0.478 e. The number of carbonyl (C=O) groups is 2. The van der Waals surface area contributed by atoms with E-state index in [-0.39, 0.29) is 11.1 Å². The number of carboxylic acids is 2. The molecule has 0 bridgehead atoms. The van der Waals surface area contributed by atoms with Gasteiger partial charge in [0.15, 0.2) is 0 Å². The van der Waals surface area contributed by atoms with Crippen molar-refractivity contribution in [3.63, 3.8) is 0 Å². The maximum Gasteiger partial charge on any atom is 0.335 e. The average molecular weight is 316 g/mol. The van der Waals surface area contributed by atoms with Crippen LogP contribution in [-0.4, -0.2) is 35.4 Å². The summed E-state index contributed by atoms with van der Waals surface area (Å²) in [5.41, 5.74) is 1.71. The summed E-state index contributed by atoms with van der Waals surface area (Å²) in [7, 11) is 0. The fourth-order valence-electron chi connectivity index (χ4n) is 1.87. The quantitative estimate of drug-likeness (QED) is 0.876. The second-order valence-corrected chi connectivity index (χ2v) is 4.55. The topological polar surface area (TPSA) is 83.8 Å². The van der Waals surface area contributed by atoms with Crippen LogP contribution in [0.1, 0.15) is 34.6 Å². The van der Waals surface area contributed by atoms with Gasteiger partial charge in [0, 0.05) is 13.2 Å². The van der Waals surface area contributed by atoms with E-state index in [2.05, 4.69) is 0 Å². The van der Waals surface area contributed by atoms with Crippen LogP contribution in [0, 0.1) is 0 Å². The summed E-state index contributed by atoms with van der Waals surface area (Å²) < 4.78 is 4.83. The Bertz CT molecular complexity index is 606. The van der Waals surface area contributed by atoms with Crippen molar-refractivity contribution in [2.45, 2.75) is 13.8 Å². The van der Waals surface area contributed by atoms with Crippen LogP contribution in [0.5, 0.6) is 0 Å². The molecule has 2 aromatic carbocycles. The van der Waals surface area contributed by atoms with E-state index < -0.39 is 11.9 Å². The highest BCUT2D eigenvalue weighted by molar-refractivity contribution is 5.91. The van der Waals surface area contributed by atoms with Gasteiger partial charge < -0.3 is 14.9 Å². The third-order valence-electron chi connectivity index (χ3n) is 2.96. The monoisotopic (exact) mass is 316 g/mol. The second kappa shape index (κ2) is 9.38. The highest BCUT2D eigenvalue weighted by Gasteiger charge is 2.07. The Morgan fingerprint density at radius 2 is 1.22 bits per heavy atom. The first-order chi connectivity index (χ1) is 11.0. The zero-order valence-corrected chi connectivity index (χ0v) is 13.2. The van der Waals surface area contributed by atoms with Crippen molar-refractivity contribution >= 4 is 11.9 Å². The Hall–Kier alpha value is -2.66. The molecule has 0 aliphatic heterocycles. The first-order valence-corrected chi connectivity index (χ1v) is 7.24. The van der Waals surface area contributed by atoms with Crippen LogP contribution in [0.15, 0.2) is 48.5 Å². The Balaban J connectivity index is 0.000000463. The fraction of sp³-hybridized carbons (Fsp3) is 0.222. The number of rotatable bonds is 5. The van der Waals surface area contributed by atoms with E-state index in [1.807, 2.05) is 13.8 Å². The molecule has 0 saturated carbocycles. The van der Waals surface area contributed by atoms with Crippen LogP contribution in [0.2, 0.25) is 0 Å². The molecule has 0 aromatic heterocycles. The van der Waals surface area contributed by atoms with Gasteiger partial charge in [-0.1, -0.05) is 24.3 Å². The average Bonchev–Trinajstić information content (AvgIpc) is 2.56. The molecule has 5 nitrogen and oxygen atoms in total. The third kappa shape index (κ3) is 5.92. The van der Waals surface area contributed by atoms with Crippen molar-refractivity contribution < 1.29 is 24.5 Å². The number of ether oxygens (including phenoxy) is 1. The van der Waals surface area contributed by atoms with Crippen LogP contribution in [0.4, 0.5) is 0 Å². The Morgan fingerprint density at radius 3 is 1.48 bits per heavy atom. The number of aromatic carboxylic acids is 2. The lowest BCUT2D eigenvalue weighted by Gasteiger charge is -2.04. The molecule has 0 aliphatic rings. The molecule has 0 heterocycles. The van der Waals surface area contributed by atoms with E-state index in [4.69, 9.17) is 14.9 Å². The molecule has 5 heteroatoms. The lowest BCUT2D eigenvalue weighted by atomic mass is 10.0.